The van der Waals surface area contributed by atoms with E-state index in [-0.39, 0.29) is 16.9 Å². The number of H-pyrrole nitrogens is 1. The smallest absolute Gasteiger partial charge is 0.266 e. The molecule has 3 aromatic carbocycles. The second kappa shape index (κ2) is 8.43. The maximum Gasteiger partial charge on any atom is 0.266 e. The summed E-state index contributed by atoms with van der Waals surface area (Å²) >= 11 is 13.7. The second-order valence-corrected chi connectivity index (χ2v) is 8.75. The summed E-state index contributed by atoms with van der Waals surface area (Å²) in [5.74, 6) is 0.732. The van der Waals surface area contributed by atoms with Gasteiger partial charge in [0, 0.05) is 5.02 Å². The number of hydrogen-bond acceptors (Lipinski definition) is 5. The zero-order valence-corrected chi connectivity index (χ0v) is 18.7. The van der Waals surface area contributed by atoms with Crippen LogP contribution in [0.1, 0.15) is 5.82 Å². The van der Waals surface area contributed by atoms with E-state index in [1.54, 1.807) is 54.6 Å². The molecular formula is C23H14Cl2N4O2S. The highest BCUT2D eigenvalue weighted by Gasteiger charge is 2.16. The van der Waals surface area contributed by atoms with Gasteiger partial charge in [-0.1, -0.05) is 59.2 Å². The summed E-state index contributed by atoms with van der Waals surface area (Å²) in [7, 11) is 0. The average molecular weight is 481 g/mol. The van der Waals surface area contributed by atoms with E-state index in [1.165, 1.54) is 16.3 Å². The van der Waals surface area contributed by atoms with Crippen molar-refractivity contribution in [1.29, 1.82) is 0 Å². The Hall–Kier alpha value is -3.13. The van der Waals surface area contributed by atoms with Gasteiger partial charge in [-0.3, -0.25) is 14.2 Å². The van der Waals surface area contributed by atoms with Crippen LogP contribution in [-0.4, -0.2) is 19.5 Å². The molecule has 0 atom stereocenters. The molecule has 6 nitrogen and oxygen atoms in total. The lowest BCUT2D eigenvalue weighted by Gasteiger charge is -2.14. The van der Waals surface area contributed by atoms with Gasteiger partial charge in [0.05, 0.1) is 38.3 Å². The van der Waals surface area contributed by atoms with Gasteiger partial charge in [0.25, 0.3) is 11.1 Å². The Morgan fingerprint density at radius 1 is 0.875 bits per heavy atom. The van der Waals surface area contributed by atoms with Gasteiger partial charge in [-0.2, -0.15) is 0 Å². The number of hydrogen-bond donors (Lipinski definition) is 1. The number of fused-ring (bicyclic) bond motifs is 2. The van der Waals surface area contributed by atoms with Crippen LogP contribution in [0.25, 0.3) is 27.5 Å². The summed E-state index contributed by atoms with van der Waals surface area (Å²) < 4.78 is 1.49. The molecule has 5 aromatic rings. The first-order valence-electron chi connectivity index (χ1n) is 9.59. The predicted molar refractivity (Wildman–Crippen MR) is 129 cm³/mol. The highest BCUT2D eigenvalue weighted by molar-refractivity contribution is 7.98. The minimum atomic E-state index is -0.253. The van der Waals surface area contributed by atoms with Crippen molar-refractivity contribution in [3.05, 3.63) is 103 Å². The van der Waals surface area contributed by atoms with Gasteiger partial charge < -0.3 is 4.98 Å². The maximum absolute atomic E-state index is 13.3. The van der Waals surface area contributed by atoms with Crippen molar-refractivity contribution in [1.82, 2.24) is 19.5 Å². The predicted octanol–water partition coefficient (Wildman–Crippen LogP) is 5.22. The van der Waals surface area contributed by atoms with Crippen LogP contribution in [0.4, 0.5) is 0 Å². The topological polar surface area (TPSA) is 80.6 Å². The van der Waals surface area contributed by atoms with E-state index in [0.717, 1.165) is 0 Å². The summed E-state index contributed by atoms with van der Waals surface area (Å²) in [6, 6.07) is 19.2. The van der Waals surface area contributed by atoms with Crippen LogP contribution in [0.15, 0.2) is 81.5 Å². The van der Waals surface area contributed by atoms with E-state index in [1.807, 2.05) is 12.1 Å². The van der Waals surface area contributed by atoms with E-state index in [2.05, 4.69) is 9.97 Å². The maximum atomic E-state index is 13.3. The highest BCUT2D eigenvalue weighted by Crippen LogP contribution is 2.27. The molecule has 32 heavy (non-hydrogen) atoms. The largest absolute Gasteiger partial charge is 0.309 e. The third kappa shape index (κ3) is 3.79. The average Bonchev–Trinajstić information content (AvgIpc) is 2.78. The molecule has 0 unspecified atom stereocenters. The van der Waals surface area contributed by atoms with Crippen molar-refractivity contribution >= 4 is 56.8 Å². The van der Waals surface area contributed by atoms with Crippen molar-refractivity contribution < 1.29 is 0 Å². The fraction of sp³-hybridized carbons (Fsp3) is 0.0435. The van der Waals surface area contributed by atoms with Crippen molar-refractivity contribution in [2.45, 2.75) is 10.9 Å². The van der Waals surface area contributed by atoms with Gasteiger partial charge in [-0.25, -0.2) is 9.97 Å². The van der Waals surface area contributed by atoms with Crippen LogP contribution in [0, 0.1) is 0 Å². The molecule has 1 N–H and O–H groups in total. The Morgan fingerprint density at radius 2 is 1.66 bits per heavy atom. The summed E-state index contributed by atoms with van der Waals surface area (Å²) in [6.07, 6.45) is 0. The first-order chi connectivity index (χ1) is 15.5. The number of aromatic nitrogens is 4. The Labute approximate surface area is 195 Å². The van der Waals surface area contributed by atoms with Crippen LogP contribution in [0.5, 0.6) is 0 Å². The van der Waals surface area contributed by atoms with E-state index in [4.69, 9.17) is 28.2 Å². The van der Waals surface area contributed by atoms with Gasteiger partial charge in [0.1, 0.15) is 5.82 Å². The molecule has 0 aliphatic heterocycles. The molecule has 0 amide bonds. The SMILES string of the molecule is O=c1[nH]c(CSc2nc3ccccc3c(=O)n2-c2ccccc2Cl)nc2cc(Cl)ccc12. The van der Waals surface area contributed by atoms with Crippen molar-refractivity contribution in [2.24, 2.45) is 0 Å². The molecule has 0 aliphatic rings. The van der Waals surface area contributed by atoms with Gasteiger partial charge in [-0.15, -0.1) is 0 Å². The van der Waals surface area contributed by atoms with E-state index in [9.17, 15) is 9.59 Å². The lowest BCUT2D eigenvalue weighted by atomic mass is 10.2. The quantitative estimate of drug-likeness (QED) is 0.281. The van der Waals surface area contributed by atoms with Crippen molar-refractivity contribution in [3.8, 4) is 5.69 Å². The summed E-state index contributed by atoms with van der Waals surface area (Å²) in [5, 5.41) is 2.32. The zero-order chi connectivity index (χ0) is 22.2. The molecule has 0 fully saturated rings. The number of thioether (sulfide) groups is 1. The first kappa shape index (κ1) is 20.8. The van der Waals surface area contributed by atoms with E-state index < -0.39 is 0 Å². The monoisotopic (exact) mass is 480 g/mol. The van der Waals surface area contributed by atoms with Crippen LogP contribution < -0.4 is 11.1 Å². The number of aromatic amines is 1. The Balaban J connectivity index is 1.62. The lowest BCUT2D eigenvalue weighted by Crippen LogP contribution is -2.22. The summed E-state index contributed by atoms with van der Waals surface area (Å²) in [4.78, 5) is 37.8. The first-order valence-corrected chi connectivity index (χ1v) is 11.3. The van der Waals surface area contributed by atoms with Gasteiger partial charge in [-0.05, 0) is 42.5 Å². The molecule has 2 aromatic heterocycles. The summed E-state index contributed by atoms with van der Waals surface area (Å²) in [6.45, 7) is 0. The van der Waals surface area contributed by atoms with Crippen LogP contribution >= 0.6 is 35.0 Å². The molecule has 0 saturated carbocycles. The van der Waals surface area contributed by atoms with Crippen LogP contribution in [0.3, 0.4) is 0 Å². The van der Waals surface area contributed by atoms with Gasteiger partial charge in [0.15, 0.2) is 5.16 Å². The third-order valence-electron chi connectivity index (χ3n) is 4.89. The number of benzene rings is 3. The number of nitrogens with one attached hydrogen (secondary N) is 1. The van der Waals surface area contributed by atoms with Crippen LogP contribution in [0.2, 0.25) is 10.0 Å². The van der Waals surface area contributed by atoms with Crippen LogP contribution in [-0.2, 0) is 5.75 Å². The Kier molecular flexibility index (Phi) is 5.46. The molecule has 5 rings (SSSR count). The number of rotatable bonds is 4. The lowest BCUT2D eigenvalue weighted by molar-refractivity contribution is 0.818. The summed E-state index contributed by atoms with van der Waals surface area (Å²) in [5.41, 5.74) is 1.14. The normalized spacial score (nSPS) is 11.3. The number of para-hydroxylation sites is 2. The molecule has 9 heteroatoms. The number of halogens is 2. The fourth-order valence-electron chi connectivity index (χ4n) is 3.42. The molecule has 158 valence electrons. The molecular weight excluding hydrogens is 467 g/mol. The molecule has 0 spiro atoms. The van der Waals surface area contributed by atoms with Crippen molar-refractivity contribution in [2.75, 3.05) is 0 Å². The molecule has 0 radical (unpaired) electrons. The fourth-order valence-corrected chi connectivity index (χ4v) is 4.68. The third-order valence-corrected chi connectivity index (χ3v) is 6.40. The Morgan fingerprint density at radius 3 is 2.50 bits per heavy atom. The molecule has 0 bridgehead atoms. The van der Waals surface area contributed by atoms with E-state index in [0.29, 0.717) is 48.5 Å². The zero-order valence-electron chi connectivity index (χ0n) is 16.4. The molecule has 0 aliphatic carbocycles. The minimum absolute atomic E-state index is 0.224. The van der Waals surface area contributed by atoms with Gasteiger partial charge >= 0.3 is 0 Å². The molecule has 0 saturated heterocycles. The van der Waals surface area contributed by atoms with E-state index >= 15 is 0 Å². The van der Waals surface area contributed by atoms with Gasteiger partial charge in [0.2, 0.25) is 0 Å². The number of nitrogens with zero attached hydrogens (tertiary/aromatic N) is 3. The standard InChI is InChI=1S/C23H14Cl2N4O2S/c24-13-9-10-14-18(11-13)26-20(28-21(14)30)12-32-23-27-17-7-3-1-5-15(17)22(31)29(23)19-8-4-2-6-16(19)25/h1-11H,12H2,(H,26,28,30). The van der Waals surface area contributed by atoms with Crippen molar-refractivity contribution in [3.63, 3.8) is 0 Å². The highest BCUT2D eigenvalue weighted by atomic mass is 35.5. The Bertz CT molecular complexity index is 1610. The minimum Gasteiger partial charge on any atom is -0.309 e. The second-order valence-electron chi connectivity index (χ2n) is 6.97. The molecule has 2 heterocycles.